The highest BCUT2D eigenvalue weighted by Crippen LogP contribution is 2.25. The molecular formula is C14H29N3O3. The number of ether oxygens (including phenoxy) is 2. The lowest BCUT2D eigenvalue weighted by Gasteiger charge is -2.46. The molecule has 0 aromatic heterocycles. The first-order valence-electron chi connectivity index (χ1n) is 7.34. The van der Waals surface area contributed by atoms with Crippen LogP contribution in [0, 0.1) is 0 Å². The molecule has 0 radical (unpaired) electrons. The van der Waals surface area contributed by atoms with Crippen LogP contribution in [0.15, 0.2) is 0 Å². The number of hydrogen-bond acceptors (Lipinski definition) is 5. The van der Waals surface area contributed by atoms with Gasteiger partial charge in [-0.15, -0.1) is 0 Å². The zero-order valence-corrected chi connectivity index (χ0v) is 13.2. The number of nitrogens with two attached hydrogens (primary N) is 1. The summed E-state index contributed by atoms with van der Waals surface area (Å²) in [6.07, 6.45) is 0.528. The maximum atomic E-state index is 11.8. The molecule has 118 valence electrons. The van der Waals surface area contributed by atoms with E-state index in [9.17, 15) is 4.79 Å². The highest BCUT2D eigenvalue weighted by atomic mass is 16.6. The number of alkyl carbamates (subject to hydrolysis) is 1. The quantitative estimate of drug-likeness (QED) is 0.678. The minimum Gasteiger partial charge on any atom is -0.444 e. The van der Waals surface area contributed by atoms with Gasteiger partial charge < -0.3 is 25.8 Å². The summed E-state index contributed by atoms with van der Waals surface area (Å²) in [5.74, 6) is 0. The summed E-state index contributed by atoms with van der Waals surface area (Å²) in [6.45, 7) is 10.8. The van der Waals surface area contributed by atoms with Crippen LogP contribution in [-0.4, -0.2) is 49.1 Å². The van der Waals surface area contributed by atoms with Crippen LogP contribution < -0.4 is 16.4 Å². The van der Waals surface area contributed by atoms with E-state index in [1.54, 1.807) is 0 Å². The third-order valence-corrected chi connectivity index (χ3v) is 3.23. The number of amides is 1. The third kappa shape index (κ3) is 5.26. The molecule has 4 atom stereocenters. The normalized spacial score (nSPS) is 27.6. The van der Waals surface area contributed by atoms with Crippen molar-refractivity contribution in [1.82, 2.24) is 10.6 Å². The van der Waals surface area contributed by atoms with Gasteiger partial charge in [-0.3, -0.25) is 0 Å². The van der Waals surface area contributed by atoms with Crippen molar-refractivity contribution in [3.8, 4) is 0 Å². The van der Waals surface area contributed by atoms with Gasteiger partial charge in [0.15, 0.2) is 0 Å². The molecule has 4 N–H and O–H groups in total. The van der Waals surface area contributed by atoms with Crippen molar-refractivity contribution in [3.63, 3.8) is 0 Å². The average Bonchev–Trinajstić information content (AvgIpc) is 2.32. The highest BCUT2D eigenvalue weighted by Gasteiger charge is 2.43. The molecule has 0 saturated heterocycles. The Morgan fingerprint density at radius 3 is 2.60 bits per heavy atom. The van der Waals surface area contributed by atoms with Gasteiger partial charge in [-0.25, -0.2) is 4.79 Å². The topological polar surface area (TPSA) is 85.6 Å². The number of nitrogens with one attached hydrogen (secondary N) is 2. The fourth-order valence-electron chi connectivity index (χ4n) is 2.22. The fraction of sp³-hybridized carbons (Fsp3) is 0.929. The molecule has 0 aromatic rings. The zero-order chi connectivity index (χ0) is 15.3. The fourth-order valence-corrected chi connectivity index (χ4v) is 2.22. The Kier molecular flexibility index (Phi) is 6.23. The summed E-state index contributed by atoms with van der Waals surface area (Å²) in [5.41, 5.74) is 5.15. The smallest absolute Gasteiger partial charge is 0.407 e. The minimum atomic E-state index is -0.485. The summed E-state index contributed by atoms with van der Waals surface area (Å²) in [7, 11) is 0. The molecule has 1 rings (SSSR count). The average molecular weight is 287 g/mol. The molecule has 1 aliphatic carbocycles. The van der Waals surface area contributed by atoms with E-state index in [0.717, 1.165) is 6.42 Å². The molecular weight excluding hydrogens is 258 g/mol. The van der Waals surface area contributed by atoms with E-state index >= 15 is 0 Å². The van der Waals surface area contributed by atoms with Gasteiger partial charge in [0.25, 0.3) is 0 Å². The van der Waals surface area contributed by atoms with Gasteiger partial charge in [0.2, 0.25) is 0 Å². The van der Waals surface area contributed by atoms with Crippen molar-refractivity contribution in [2.75, 3.05) is 13.2 Å². The van der Waals surface area contributed by atoms with Crippen LogP contribution in [0.25, 0.3) is 0 Å². The molecule has 4 unspecified atom stereocenters. The van der Waals surface area contributed by atoms with E-state index in [1.165, 1.54) is 0 Å². The Balaban J connectivity index is 2.50. The second kappa shape index (κ2) is 7.24. The molecule has 0 bridgehead atoms. The summed E-state index contributed by atoms with van der Waals surface area (Å²) in [5, 5.41) is 6.30. The van der Waals surface area contributed by atoms with Crippen molar-refractivity contribution in [3.05, 3.63) is 0 Å². The van der Waals surface area contributed by atoms with Crippen LogP contribution in [0.1, 0.15) is 41.0 Å². The number of carbonyl (C=O) groups excluding carboxylic acids is 1. The molecule has 6 heteroatoms. The van der Waals surface area contributed by atoms with Gasteiger partial charge in [0, 0.05) is 19.2 Å². The predicted octanol–water partition coefficient (Wildman–Crippen LogP) is 0.994. The Labute approximate surface area is 121 Å². The molecule has 1 aliphatic rings. The monoisotopic (exact) mass is 287 g/mol. The van der Waals surface area contributed by atoms with Crippen molar-refractivity contribution in [2.24, 2.45) is 5.73 Å². The number of hydrogen-bond donors (Lipinski definition) is 3. The van der Waals surface area contributed by atoms with Crippen LogP contribution in [0.2, 0.25) is 0 Å². The van der Waals surface area contributed by atoms with Crippen molar-refractivity contribution < 1.29 is 14.3 Å². The van der Waals surface area contributed by atoms with E-state index in [4.69, 9.17) is 15.2 Å². The zero-order valence-electron chi connectivity index (χ0n) is 13.2. The van der Waals surface area contributed by atoms with Gasteiger partial charge >= 0.3 is 6.09 Å². The van der Waals surface area contributed by atoms with Crippen molar-refractivity contribution in [2.45, 2.75) is 70.9 Å². The summed E-state index contributed by atoms with van der Waals surface area (Å²) in [6, 6.07) is 0.294. The predicted molar refractivity (Wildman–Crippen MR) is 78.6 cm³/mol. The largest absolute Gasteiger partial charge is 0.444 e. The SMILES string of the molecule is CCOC1CC(NC(=O)OC(C)(C)C)C1NC(C)CN. The maximum Gasteiger partial charge on any atom is 0.407 e. The van der Waals surface area contributed by atoms with Crippen LogP contribution in [-0.2, 0) is 9.47 Å². The summed E-state index contributed by atoms with van der Waals surface area (Å²) in [4.78, 5) is 11.8. The highest BCUT2D eigenvalue weighted by molar-refractivity contribution is 5.68. The second-order valence-corrected chi connectivity index (χ2v) is 6.31. The summed E-state index contributed by atoms with van der Waals surface area (Å²) < 4.78 is 10.9. The first-order chi connectivity index (χ1) is 9.26. The van der Waals surface area contributed by atoms with E-state index in [-0.39, 0.29) is 30.3 Å². The molecule has 20 heavy (non-hydrogen) atoms. The summed E-state index contributed by atoms with van der Waals surface area (Å²) >= 11 is 0. The van der Waals surface area contributed by atoms with Gasteiger partial charge in [-0.05, 0) is 41.0 Å². The molecule has 1 fully saturated rings. The third-order valence-electron chi connectivity index (χ3n) is 3.23. The lowest BCUT2D eigenvalue weighted by Crippen LogP contribution is -2.68. The van der Waals surface area contributed by atoms with Gasteiger partial charge in [0.05, 0.1) is 18.2 Å². The second-order valence-electron chi connectivity index (χ2n) is 6.31. The molecule has 1 saturated carbocycles. The molecule has 0 heterocycles. The van der Waals surface area contributed by atoms with Gasteiger partial charge in [-0.2, -0.15) is 0 Å². The molecule has 0 aliphatic heterocycles. The van der Waals surface area contributed by atoms with Gasteiger partial charge in [-0.1, -0.05) is 0 Å². The lowest BCUT2D eigenvalue weighted by molar-refractivity contribution is -0.0458. The number of carbonyl (C=O) groups is 1. The van der Waals surface area contributed by atoms with Crippen molar-refractivity contribution in [1.29, 1.82) is 0 Å². The first kappa shape index (κ1) is 17.2. The van der Waals surface area contributed by atoms with E-state index < -0.39 is 5.60 Å². The first-order valence-corrected chi connectivity index (χ1v) is 7.34. The molecule has 1 amide bonds. The van der Waals surface area contributed by atoms with Gasteiger partial charge in [0.1, 0.15) is 5.60 Å². The Bertz CT molecular complexity index is 317. The van der Waals surface area contributed by atoms with E-state index in [2.05, 4.69) is 10.6 Å². The lowest BCUT2D eigenvalue weighted by atomic mass is 9.82. The van der Waals surface area contributed by atoms with Crippen LogP contribution in [0.4, 0.5) is 4.79 Å². The van der Waals surface area contributed by atoms with E-state index in [0.29, 0.717) is 13.2 Å². The van der Waals surface area contributed by atoms with Crippen LogP contribution >= 0.6 is 0 Å². The Hall–Kier alpha value is -0.850. The Morgan fingerprint density at radius 1 is 1.45 bits per heavy atom. The maximum absolute atomic E-state index is 11.8. The van der Waals surface area contributed by atoms with Crippen molar-refractivity contribution >= 4 is 6.09 Å². The van der Waals surface area contributed by atoms with Crippen LogP contribution in [0.5, 0.6) is 0 Å². The Morgan fingerprint density at radius 2 is 2.10 bits per heavy atom. The molecule has 0 aromatic carbocycles. The van der Waals surface area contributed by atoms with Crippen LogP contribution in [0.3, 0.4) is 0 Å². The molecule has 6 nitrogen and oxygen atoms in total. The van der Waals surface area contributed by atoms with E-state index in [1.807, 2.05) is 34.6 Å². The minimum absolute atomic E-state index is 0.0235. The molecule has 0 spiro atoms. The standard InChI is InChI=1S/C14H29N3O3/c1-6-19-11-7-10(12(11)16-9(2)8-15)17-13(18)20-14(3,4)5/h9-12,16H,6-8,15H2,1-5H3,(H,17,18). The number of rotatable bonds is 6.